The first-order valence-electron chi connectivity index (χ1n) is 20.4. The minimum Gasteiger partial charge on any atom is -0.310 e. The van der Waals surface area contributed by atoms with Crippen LogP contribution >= 0.6 is 0 Å². The van der Waals surface area contributed by atoms with Gasteiger partial charge in [0.25, 0.3) is 0 Å². The SMILES string of the molecule is C=CC(=O)CCCCCC1(CCCCCC(=O)C=C)c2cc(N(c3ccccc3)c3ccccc3)ccc2-c2ccc(N(c3ccccc3)c3ccccc3)cc21. The van der Waals surface area contributed by atoms with Crippen molar-refractivity contribution in [3.8, 4) is 11.1 Å². The molecule has 0 aromatic heterocycles. The predicted octanol–water partition coefficient (Wildman–Crippen LogP) is 14.3. The zero-order valence-electron chi connectivity index (χ0n) is 32.9. The molecule has 57 heavy (non-hydrogen) atoms. The van der Waals surface area contributed by atoms with Crippen molar-refractivity contribution in [1.29, 1.82) is 0 Å². The van der Waals surface area contributed by atoms with Crippen LogP contribution in [0.15, 0.2) is 183 Å². The Kier molecular flexibility index (Phi) is 12.7. The van der Waals surface area contributed by atoms with Gasteiger partial charge in [0.05, 0.1) is 0 Å². The molecule has 0 radical (unpaired) electrons. The van der Waals surface area contributed by atoms with E-state index in [0.717, 1.165) is 85.5 Å². The van der Waals surface area contributed by atoms with Gasteiger partial charge in [0.2, 0.25) is 0 Å². The summed E-state index contributed by atoms with van der Waals surface area (Å²) in [6.07, 6.45) is 11.4. The maximum atomic E-state index is 12.2. The van der Waals surface area contributed by atoms with E-state index in [1.807, 2.05) is 0 Å². The number of nitrogens with zero attached hydrogens (tertiary/aromatic N) is 2. The molecule has 286 valence electrons. The zero-order valence-corrected chi connectivity index (χ0v) is 32.9. The van der Waals surface area contributed by atoms with Crippen molar-refractivity contribution in [2.24, 2.45) is 0 Å². The monoisotopic (exact) mass is 748 g/mol. The van der Waals surface area contributed by atoms with E-state index in [1.165, 1.54) is 34.4 Å². The third kappa shape index (κ3) is 8.76. The lowest BCUT2D eigenvalue weighted by molar-refractivity contribution is -0.115. The molecule has 7 rings (SSSR count). The molecule has 1 aliphatic carbocycles. The van der Waals surface area contributed by atoms with Gasteiger partial charge in [-0.3, -0.25) is 9.59 Å². The number of carbonyl (C=O) groups is 2. The van der Waals surface area contributed by atoms with Crippen LogP contribution in [0.3, 0.4) is 0 Å². The van der Waals surface area contributed by atoms with Crippen molar-refractivity contribution in [3.63, 3.8) is 0 Å². The number of para-hydroxylation sites is 4. The molecule has 4 heteroatoms. The first-order chi connectivity index (χ1) is 28.0. The fourth-order valence-corrected chi connectivity index (χ4v) is 8.63. The predicted molar refractivity (Wildman–Crippen MR) is 239 cm³/mol. The van der Waals surface area contributed by atoms with Crippen LogP contribution in [-0.2, 0) is 15.0 Å². The summed E-state index contributed by atoms with van der Waals surface area (Å²) in [6.45, 7) is 7.39. The molecular formula is C53H52N2O2. The Morgan fingerprint density at radius 2 is 0.754 bits per heavy atom. The molecule has 0 unspecified atom stereocenters. The van der Waals surface area contributed by atoms with Crippen molar-refractivity contribution in [1.82, 2.24) is 0 Å². The minimum atomic E-state index is -0.292. The first kappa shape index (κ1) is 39.0. The van der Waals surface area contributed by atoms with Crippen molar-refractivity contribution >= 4 is 45.7 Å². The van der Waals surface area contributed by atoms with Crippen molar-refractivity contribution in [3.05, 3.63) is 194 Å². The van der Waals surface area contributed by atoms with Gasteiger partial charge in [-0.1, -0.05) is 124 Å². The number of benzene rings is 6. The van der Waals surface area contributed by atoms with E-state index < -0.39 is 0 Å². The summed E-state index contributed by atoms with van der Waals surface area (Å²) in [7, 11) is 0. The van der Waals surface area contributed by atoms with Gasteiger partial charge in [0, 0.05) is 52.4 Å². The second kappa shape index (κ2) is 18.6. The molecule has 0 heterocycles. The van der Waals surface area contributed by atoms with Crippen molar-refractivity contribution in [2.45, 2.75) is 69.6 Å². The Balaban J connectivity index is 1.38. The molecule has 0 spiro atoms. The molecule has 0 saturated carbocycles. The van der Waals surface area contributed by atoms with Gasteiger partial charge in [-0.25, -0.2) is 0 Å². The molecule has 0 saturated heterocycles. The number of hydrogen-bond donors (Lipinski definition) is 0. The Labute approximate surface area is 338 Å². The molecule has 0 fully saturated rings. The molecule has 4 nitrogen and oxygen atoms in total. The van der Waals surface area contributed by atoms with E-state index in [4.69, 9.17) is 0 Å². The zero-order chi connectivity index (χ0) is 39.5. The summed E-state index contributed by atoms with van der Waals surface area (Å²) in [5.74, 6) is 0.210. The summed E-state index contributed by atoms with van der Waals surface area (Å²) >= 11 is 0. The fraction of sp³-hybridized carbons (Fsp3) is 0.208. The highest BCUT2D eigenvalue weighted by molar-refractivity contribution is 5.90. The van der Waals surface area contributed by atoms with E-state index in [-0.39, 0.29) is 17.0 Å². The lowest BCUT2D eigenvalue weighted by atomic mass is 9.70. The molecule has 0 N–H and O–H groups in total. The third-order valence-corrected chi connectivity index (χ3v) is 11.4. The molecule has 0 amide bonds. The largest absolute Gasteiger partial charge is 0.310 e. The van der Waals surface area contributed by atoms with Gasteiger partial charge in [0.1, 0.15) is 0 Å². The topological polar surface area (TPSA) is 40.6 Å². The number of allylic oxidation sites excluding steroid dienone is 2. The number of carbonyl (C=O) groups excluding carboxylic acids is 2. The average Bonchev–Trinajstić information content (AvgIpc) is 3.53. The van der Waals surface area contributed by atoms with Crippen LogP contribution in [0.4, 0.5) is 34.1 Å². The highest BCUT2D eigenvalue weighted by atomic mass is 16.1. The molecule has 0 aliphatic heterocycles. The number of anilines is 6. The minimum absolute atomic E-state index is 0.105. The summed E-state index contributed by atoms with van der Waals surface area (Å²) in [4.78, 5) is 29.1. The van der Waals surface area contributed by atoms with E-state index >= 15 is 0 Å². The summed E-state index contributed by atoms with van der Waals surface area (Å²) in [5.41, 5.74) is 11.6. The third-order valence-electron chi connectivity index (χ3n) is 11.4. The molecule has 0 bridgehead atoms. The number of fused-ring (bicyclic) bond motifs is 3. The van der Waals surface area contributed by atoms with E-state index in [2.05, 4.69) is 181 Å². The van der Waals surface area contributed by atoms with Crippen molar-refractivity contribution < 1.29 is 9.59 Å². The Hall–Kier alpha value is -6.26. The van der Waals surface area contributed by atoms with E-state index in [0.29, 0.717) is 12.8 Å². The maximum absolute atomic E-state index is 12.2. The van der Waals surface area contributed by atoms with Crippen LogP contribution in [0.2, 0.25) is 0 Å². The van der Waals surface area contributed by atoms with Crippen LogP contribution in [0, 0.1) is 0 Å². The highest BCUT2D eigenvalue weighted by Crippen LogP contribution is 2.57. The molecular weight excluding hydrogens is 697 g/mol. The second-order valence-electron chi connectivity index (χ2n) is 15.0. The van der Waals surface area contributed by atoms with Crippen molar-refractivity contribution in [2.75, 3.05) is 9.80 Å². The van der Waals surface area contributed by atoms with Gasteiger partial charge in [-0.05, 0) is 133 Å². The summed E-state index contributed by atoms with van der Waals surface area (Å²) in [5, 5.41) is 0. The Morgan fingerprint density at radius 1 is 0.421 bits per heavy atom. The first-order valence-corrected chi connectivity index (χ1v) is 20.4. The normalized spacial score (nSPS) is 12.3. The molecule has 6 aromatic rings. The van der Waals surface area contributed by atoms with Crippen LogP contribution in [-0.4, -0.2) is 11.6 Å². The van der Waals surface area contributed by atoms with E-state index in [1.54, 1.807) is 0 Å². The van der Waals surface area contributed by atoms with E-state index in [9.17, 15) is 9.59 Å². The smallest absolute Gasteiger partial charge is 0.155 e. The van der Waals surface area contributed by atoms with Crippen LogP contribution in [0.5, 0.6) is 0 Å². The van der Waals surface area contributed by atoms with Gasteiger partial charge in [0.15, 0.2) is 11.6 Å². The Morgan fingerprint density at radius 3 is 1.07 bits per heavy atom. The number of unbranched alkanes of at least 4 members (excludes halogenated alkanes) is 4. The Bertz CT molecular complexity index is 2040. The lowest BCUT2D eigenvalue weighted by Gasteiger charge is -2.35. The maximum Gasteiger partial charge on any atom is 0.155 e. The van der Waals surface area contributed by atoms with Gasteiger partial charge >= 0.3 is 0 Å². The molecule has 0 atom stereocenters. The quantitative estimate of drug-likeness (QED) is 0.0576. The summed E-state index contributed by atoms with van der Waals surface area (Å²) in [6, 6.07) is 56.5. The second-order valence-corrected chi connectivity index (χ2v) is 15.0. The standard InChI is InChI=1S/C53H52N2O2/c1-3-47(56)31-19-9-21-37-53(38-22-10-20-32-48(57)4-2)51-39-45(54(41-23-11-5-12-24-41)42-25-13-6-14-26-42)33-35-49(51)50-36-34-46(40-52(50)53)55(43-27-15-7-16-28-43)44-29-17-8-18-30-44/h3-8,11-18,23-30,33-36,39-40H,1-2,9-10,19-22,31-32,37-38H2. The van der Waals surface area contributed by atoms with Gasteiger partial charge in [-0.2, -0.15) is 0 Å². The number of rotatable bonds is 20. The number of hydrogen-bond acceptors (Lipinski definition) is 4. The molecule has 1 aliphatic rings. The molecule has 6 aromatic carbocycles. The number of ketones is 2. The highest BCUT2D eigenvalue weighted by Gasteiger charge is 2.43. The summed E-state index contributed by atoms with van der Waals surface area (Å²) < 4.78 is 0. The lowest BCUT2D eigenvalue weighted by Crippen LogP contribution is -2.26. The van der Waals surface area contributed by atoms with Gasteiger partial charge in [-0.15, -0.1) is 0 Å². The average molecular weight is 749 g/mol. The fourth-order valence-electron chi connectivity index (χ4n) is 8.63. The van der Waals surface area contributed by atoms with Gasteiger partial charge < -0.3 is 9.80 Å². The van der Waals surface area contributed by atoms with Crippen LogP contribution in [0.1, 0.15) is 75.3 Å². The van der Waals surface area contributed by atoms with Crippen LogP contribution in [0.25, 0.3) is 11.1 Å². The van der Waals surface area contributed by atoms with Crippen LogP contribution < -0.4 is 9.80 Å².